The van der Waals surface area contributed by atoms with Crippen molar-refractivity contribution in [3.63, 3.8) is 0 Å². The van der Waals surface area contributed by atoms with Crippen LogP contribution in [0.3, 0.4) is 0 Å². The molecule has 0 aromatic rings. The fourth-order valence-corrected chi connectivity index (χ4v) is 1.53. The highest BCUT2D eigenvalue weighted by molar-refractivity contribution is 8.04. The Bertz CT molecular complexity index is 194. The predicted molar refractivity (Wildman–Crippen MR) is 38.6 cm³/mol. The molecule has 0 aliphatic carbocycles. The van der Waals surface area contributed by atoms with Gasteiger partial charge in [-0.25, -0.2) is 0 Å². The van der Waals surface area contributed by atoms with Crippen molar-refractivity contribution in [2.75, 3.05) is 0 Å². The van der Waals surface area contributed by atoms with Crippen LogP contribution in [0, 0.1) is 11.3 Å². The van der Waals surface area contributed by atoms with Crippen molar-refractivity contribution in [1.82, 2.24) is 0 Å². The number of nitrogens with two attached hydrogens (primary N) is 1. The SMILES string of the molecule is [B]C1CC(C#N)=C(N)S1. The maximum atomic E-state index is 8.40. The fourth-order valence-electron chi connectivity index (χ4n) is 0.678. The van der Waals surface area contributed by atoms with Gasteiger partial charge in [0.1, 0.15) is 0 Å². The van der Waals surface area contributed by atoms with Crippen LogP contribution >= 0.6 is 11.8 Å². The zero-order chi connectivity index (χ0) is 6.85. The lowest BCUT2D eigenvalue weighted by Gasteiger charge is -1.94. The van der Waals surface area contributed by atoms with E-state index in [1.807, 2.05) is 6.07 Å². The average molecular weight is 136 g/mol. The molecular formula is C5H5BN2S. The maximum Gasteiger partial charge on any atom is 0.0974 e. The Balaban J connectivity index is 2.73. The van der Waals surface area contributed by atoms with E-state index in [1.165, 1.54) is 11.8 Å². The number of nitriles is 1. The zero-order valence-corrected chi connectivity index (χ0v) is 5.61. The molecular weight excluding hydrogens is 131 g/mol. The van der Waals surface area contributed by atoms with Crippen LogP contribution < -0.4 is 5.73 Å². The number of hydrogen-bond acceptors (Lipinski definition) is 3. The van der Waals surface area contributed by atoms with Crippen LogP contribution in [0.1, 0.15) is 6.42 Å². The Hall–Kier alpha value is -0.555. The Kier molecular flexibility index (Phi) is 1.72. The molecule has 44 valence electrons. The van der Waals surface area contributed by atoms with Crippen molar-refractivity contribution < 1.29 is 0 Å². The van der Waals surface area contributed by atoms with Crippen LogP contribution in [0.2, 0.25) is 0 Å². The predicted octanol–water partition coefficient (Wildman–Crippen LogP) is 0.312. The minimum absolute atomic E-state index is 0.000324. The largest absolute Gasteiger partial charge is 0.393 e. The van der Waals surface area contributed by atoms with E-state index in [9.17, 15) is 0 Å². The summed E-state index contributed by atoms with van der Waals surface area (Å²) in [5.74, 6) is 0. The molecule has 2 nitrogen and oxygen atoms in total. The van der Waals surface area contributed by atoms with Crippen molar-refractivity contribution in [3.8, 4) is 6.07 Å². The lowest BCUT2D eigenvalue weighted by molar-refractivity contribution is 1.12. The molecule has 2 radical (unpaired) electrons. The number of thioether (sulfide) groups is 1. The van der Waals surface area contributed by atoms with Crippen molar-refractivity contribution in [2.24, 2.45) is 5.73 Å². The third kappa shape index (κ3) is 1.22. The summed E-state index contributed by atoms with van der Waals surface area (Å²) in [5, 5.41) is 8.99. The maximum absolute atomic E-state index is 8.40. The average Bonchev–Trinajstić information content (AvgIpc) is 2.10. The van der Waals surface area contributed by atoms with Gasteiger partial charge in [-0.3, -0.25) is 0 Å². The van der Waals surface area contributed by atoms with Crippen LogP contribution in [0.4, 0.5) is 0 Å². The molecule has 0 amide bonds. The Morgan fingerprint density at radius 2 is 2.56 bits per heavy atom. The van der Waals surface area contributed by atoms with Crippen molar-refractivity contribution in [2.45, 2.75) is 11.6 Å². The van der Waals surface area contributed by atoms with E-state index >= 15 is 0 Å². The molecule has 0 bridgehead atoms. The van der Waals surface area contributed by atoms with Gasteiger partial charge >= 0.3 is 0 Å². The number of rotatable bonds is 0. The van der Waals surface area contributed by atoms with Gasteiger partial charge < -0.3 is 5.73 Å². The van der Waals surface area contributed by atoms with Crippen LogP contribution in [0.15, 0.2) is 10.6 Å². The summed E-state index contributed by atoms with van der Waals surface area (Å²) in [4.78, 5) is 0. The summed E-state index contributed by atoms with van der Waals surface area (Å²) >= 11 is 1.37. The number of hydrogen-bond donors (Lipinski definition) is 1. The second-order valence-corrected chi connectivity index (χ2v) is 3.10. The summed E-state index contributed by atoms with van der Waals surface area (Å²) in [7, 11) is 5.48. The molecule has 9 heavy (non-hydrogen) atoms. The van der Waals surface area contributed by atoms with Gasteiger partial charge in [-0.2, -0.15) is 5.26 Å². The van der Waals surface area contributed by atoms with Crippen molar-refractivity contribution >= 4 is 19.6 Å². The van der Waals surface area contributed by atoms with Crippen LogP contribution in [0.25, 0.3) is 0 Å². The van der Waals surface area contributed by atoms with Gasteiger partial charge in [0, 0.05) is 0 Å². The lowest BCUT2D eigenvalue weighted by atomic mass is 9.98. The standard InChI is InChI=1S/C5H5BN2S/c6-4-1-3(2-7)5(8)9-4/h4H,1,8H2. The smallest absolute Gasteiger partial charge is 0.0974 e. The zero-order valence-electron chi connectivity index (χ0n) is 4.79. The molecule has 1 atom stereocenters. The first-order chi connectivity index (χ1) is 4.24. The molecule has 2 N–H and O–H groups in total. The van der Waals surface area contributed by atoms with E-state index in [4.69, 9.17) is 18.8 Å². The molecule has 4 heteroatoms. The molecule has 0 saturated carbocycles. The molecule has 0 aromatic heterocycles. The van der Waals surface area contributed by atoms with E-state index < -0.39 is 0 Å². The molecule has 0 spiro atoms. The minimum atomic E-state index is -0.000324. The Labute approximate surface area is 59.5 Å². The van der Waals surface area contributed by atoms with Gasteiger partial charge in [-0.05, 0) is 11.6 Å². The van der Waals surface area contributed by atoms with Gasteiger partial charge in [-0.1, -0.05) is 0 Å². The van der Waals surface area contributed by atoms with Gasteiger partial charge in [0.05, 0.1) is 24.5 Å². The highest BCUT2D eigenvalue weighted by Crippen LogP contribution is 2.31. The first kappa shape index (κ1) is 6.56. The van der Waals surface area contributed by atoms with Gasteiger partial charge in [-0.15, -0.1) is 11.8 Å². The molecule has 1 heterocycles. The molecule has 1 aliphatic heterocycles. The summed E-state index contributed by atoms with van der Waals surface area (Å²) in [6.07, 6.45) is 0.618. The highest BCUT2D eigenvalue weighted by Gasteiger charge is 2.18. The van der Waals surface area contributed by atoms with E-state index in [0.717, 1.165) is 0 Å². The van der Waals surface area contributed by atoms with E-state index in [2.05, 4.69) is 0 Å². The van der Waals surface area contributed by atoms with E-state index in [1.54, 1.807) is 0 Å². The molecule has 1 aliphatic rings. The second-order valence-electron chi connectivity index (χ2n) is 1.82. The van der Waals surface area contributed by atoms with Crippen LogP contribution in [-0.2, 0) is 0 Å². The highest BCUT2D eigenvalue weighted by atomic mass is 32.2. The Morgan fingerprint density at radius 3 is 2.78 bits per heavy atom. The fraction of sp³-hybridized carbons (Fsp3) is 0.400. The second kappa shape index (κ2) is 2.36. The monoisotopic (exact) mass is 136 g/mol. The first-order valence-electron chi connectivity index (χ1n) is 2.55. The van der Waals surface area contributed by atoms with Crippen molar-refractivity contribution in [1.29, 1.82) is 5.26 Å². The third-order valence-electron chi connectivity index (χ3n) is 1.12. The lowest BCUT2D eigenvalue weighted by Crippen LogP contribution is -1.95. The molecule has 0 saturated heterocycles. The van der Waals surface area contributed by atoms with Gasteiger partial charge in [0.2, 0.25) is 0 Å². The minimum Gasteiger partial charge on any atom is -0.393 e. The van der Waals surface area contributed by atoms with Crippen molar-refractivity contribution in [3.05, 3.63) is 10.6 Å². The van der Waals surface area contributed by atoms with Crippen LogP contribution in [0.5, 0.6) is 0 Å². The Morgan fingerprint density at radius 1 is 1.89 bits per heavy atom. The molecule has 1 unspecified atom stereocenters. The number of allylic oxidation sites excluding steroid dienone is 1. The quantitative estimate of drug-likeness (QED) is 0.487. The van der Waals surface area contributed by atoms with Gasteiger partial charge in [0.15, 0.2) is 0 Å². The normalized spacial score (nSPS) is 26.3. The molecule has 0 aromatic carbocycles. The molecule has 1 rings (SSSR count). The summed E-state index contributed by atoms with van der Waals surface area (Å²) in [6.45, 7) is 0. The number of nitrogens with zero attached hydrogens (tertiary/aromatic N) is 1. The van der Waals surface area contributed by atoms with E-state index in [0.29, 0.717) is 17.0 Å². The van der Waals surface area contributed by atoms with Crippen LogP contribution in [-0.4, -0.2) is 13.0 Å². The van der Waals surface area contributed by atoms with E-state index in [-0.39, 0.29) is 5.15 Å². The summed E-state index contributed by atoms with van der Waals surface area (Å²) in [5.41, 5.74) is 6.05. The molecule has 0 fully saturated rings. The summed E-state index contributed by atoms with van der Waals surface area (Å²) in [6, 6.07) is 2.00. The topological polar surface area (TPSA) is 49.8 Å². The summed E-state index contributed by atoms with van der Waals surface area (Å²) < 4.78 is 0. The van der Waals surface area contributed by atoms with Gasteiger partial charge in [0.25, 0.3) is 0 Å². The third-order valence-corrected chi connectivity index (χ3v) is 2.09. The first-order valence-corrected chi connectivity index (χ1v) is 3.43.